The van der Waals surface area contributed by atoms with Crippen molar-refractivity contribution in [3.8, 4) is 0 Å². The SMILES string of the molecule is O=C(NC1CCS(=O)(=O)CC1)c1cc(Cl)ncc1Cl. The molecule has 5 nitrogen and oxygen atoms in total. The Kier molecular flexibility index (Phi) is 4.32. The molecule has 0 aromatic carbocycles. The fraction of sp³-hybridized carbons (Fsp3) is 0.455. The largest absolute Gasteiger partial charge is 0.349 e. The number of hydrogen-bond acceptors (Lipinski definition) is 4. The van der Waals surface area contributed by atoms with Gasteiger partial charge in [-0.05, 0) is 18.9 Å². The predicted octanol–water partition coefficient (Wildman–Crippen LogP) is 1.70. The Morgan fingerprint density at radius 2 is 1.95 bits per heavy atom. The molecule has 1 aliphatic rings. The zero-order valence-electron chi connectivity index (χ0n) is 9.90. The quantitative estimate of drug-likeness (QED) is 0.841. The van der Waals surface area contributed by atoms with Crippen LogP contribution in [0.2, 0.25) is 10.2 Å². The molecule has 1 amide bonds. The smallest absolute Gasteiger partial charge is 0.253 e. The van der Waals surface area contributed by atoms with E-state index >= 15 is 0 Å². The van der Waals surface area contributed by atoms with Crippen LogP contribution in [0.3, 0.4) is 0 Å². The predicted molar refractivity (Wildman–Crippen MR) is 73.4 cm³/mol. The lowest BCUT2D eigenvalue weighted by Crippen LogP contribution is -2.40. The van der Waals surface area contributed by atoms with Crippen molar-refractivity contribution < 1.29 is 13.2 Å². The van der Waals surface area contributed by atoms with Gasteiger partial charge in [0, 0.05) is 12.2 Å². The van der Waals surface area contributed by atoms with Crippen molar-refractivity contribution in [3.05, 3.63) is 28.0 Å². The lowest BCUT2D eigenvalue weighted by molar-refractivity contribution is 0.0934. The Bertz CT molecular complexity index is 590. The number of aromatic nitrogens is 1. The summed E-state index contributed by atoms with van der Waals surface area (Å²) in [4.78, 5) is 15.8. The second kappa shape index (κ2) is 5.64. The molecule has 0 aliphatic carbocycles. The molecule has 0 radical (unpaired) electrons. The van der Waals surface area contributed by atoms with Gasteiger partial charge >= 0.3 is 0 Å². The molecule has 0 spiro atoms. The average Bonchev–Trinajstić information content (AvgIpc) is 2.35. The van der Waals surface area contributed by atoms with Gasteiger partial charge in [0.05, 0.1) is 22.1 Å². The second-order valence-corrected chi connectivity index (χ2v) is 7.48. The number of carbonyl (C=O) groups is 1. The number of hydrogen-bond donors (Lipinski definition) is 1. The topological polar surface area (TPSA) is 76.1 Å². The molecule has 1 N–H and O–H groups in total. The van der Waals surface area contributed by atoms with Gasteiger partial charge in [-0.3, -0.25) is 4.79 Å². The monoisotopic (exact) mass is 322 g/mol. The van der Waals surface area contributed by atoms with Gasteiger partial charge in [0.25, 0.3) is 5.91 Å². The van der Waals surface area contributed by atoms with Crippen LogP contribution < -0.4 is 5.32 Å². The Morgan fingerprint density at radius 1 is 1.32 bits per heavy atom. The first kappa shape index (κ1) is 14.6. The summed E-state index contributed by atoms with van der Waals surface area (Å²) in [5.41, 5.74) is 0.245. The van der Waals surface area contributed by atoms with E-state index in [1.165, 1.54) is 12.3 Å². The van der Waals surface area contributed by atoms with Crippen LogP contribution in [0.25, 0.3) is 0 Å². The minimum Gasteiger partial charge on any atom is -0.349 e. The van der Waals surface area contributed by atoms with Gasteiger partial charge in [0.15, 0.2) is 0 Å². The first-order valence-electron chi connectivity index (χ1n) is 5.70. The van der Waals surface area contributed by atoms with E-state index in [2.05, 4.69) is 10.3 Å². The Morgan fingerprint density at radius 3 is 2.58 bits per heavy atom. The van der Waals surface area contributed by atoms with E-state index in [0.29, 0.717) is 12.8 Å². The Hall–Kier alpha value is -0.850. The van der Waals surface area contributed by atoms with Crippen molar-refractivity contribution in [2.24, 2.45) is 0 Å². The molecule has 2 heterocycles. The van der Waals surface area contributed by atoms with E-state index < -0.39 is 9.84 Å². The third kappa shape index (κ3) is 3.81. The summed E-state index contributed by atoms with van der Waals surface area (Å²) in [7, 11) is -2.94. The third-order valence-electron chi connectivity index (χ3n) is 2.96. The molecule has 1 saturated heterocycles. The van der Waals surface area contributed by atoms with Crippen molar-refractivity contribution >= 4 is 38.9 Å². The Balaban J connectivity index is 2.04. The van der Waals surface area contributed by atoms with E-state index in [-0.39, 0.29) is 39.2 Å². The van der Waals surface area contributed by atoms with E-state index in [9.17, 15) is 13.2 Å². The lowest BCUT2D eigenvalue weighted by Gasteiger charge is -2.23. The van der Waals surface area contributed by atoms with Crippen molar-refractivity contribution in [3.63, 3.8) is 0 Å². The van der Waals surface area contributed by atoms with E-state index in [4.69, 9.17) is 23.2 Å². The van der Waals surface area contributed by atoms with Gasteiger partial charge in [-0.1, -0.05) is 23.2 Å². The maximum atomic E-state index is 12.0. The van der Waals surface area contributed by atoms with Crippen molar-refractivity contribution in [1.29, 1.82) is 0 Å². The number of rotatable bonds is 2. The van der Waals surface area contributed by atoms with E-state index in [1.54, 1.807) is 0 Å². The summed E-state index contributed by atoms with van der Waals surface area (Å²) in [5, 5.41) is 3.16. The molecule has 1 aromatic rings. The molecule has 0 unspecified atom stereocenters. The molecule has 2 rings (SSSR count). The summed E-state index contributed by atoms with van der Waals surface area (Å²) in [6, 6.07) is 1.23. The molecule has 1 aliphatic heterocycles. The van der Waals surface area contributed by atoms with Gasteiger partial charge in [-0.2, -0.15) is 0 Å². The molecule has 1 aromatic heterocycles. The highest BCUT2D eigenvalue weighted by atomic mass is 35.5. The average molecular weight is 323 g/mol. The summed E-state index contributed by atoms with van der Waals surface area (Å²) in [5.74, 6) is -0.162. The number of nitrogens with zero attached hydrogens (tertiary/aromatic N) is 1. The zero-order chi connectivity index (χ0) is 14.0. The van der Waals surface area contributed by atoms with Crippen LogP contribution in [0.15, 0.2) is 12.3 Å². The number of sulfone groups is 1. The van der Waals surface area contributed by atoms with E-state index in [0.717, 1.165) is 0 Å². The standard InChI is InChI=1S/C11H12Cl2N2O3S/c12-9-6-14-10(13)5-8(9)11(16)15-7-1-3-19(17,18)4-2-7/h5-7H,1-4H2,(H,15,16). The maximum absolute atomic E-state index is 12.0. The molecular weight excluding hydrogens is 311 g/mol. The van der Waals surface area contributed by atoms with Gasteiger partial charge in [-0.15, -0.1) is 0 Å². The molecular formula is C11H12Cl2N2O3S. The summed E-state index contributed by atoms with van der Waals surface area (Å²) >= 11 is 11.6. The van der Waals surface area contributed by atoms with Gasteiger partial charge < -0.3 is 5.32 Å². The fourth-order valence-corrected chi connectivity index (χ4v) is 3.72. The zero-order valence-corrected chi connectivity index (χ0v) is 12.2. The Labute approximate surface area is 121 Å². The third-order valence-corrected chi connectivity index (χ3v) is 5.18. The van der Waals surface area contributed by atoms with Gasteiger partial charge in [0.1, 0.15) is 15.0 Å². The van der Waals surface area contributed by atoms with Crippen LogP contribution in [0.5, 0.6) is 0 Å². The maximum Gasteiger partial charge on any atom is 0.253 e. The molecule has 0 bridgehead atoms. The fourth-order valence-electron chi connectivity index (χ4n) is 1.88. The molecule has 1 fully saturated rings. The van der Waals surface area contributed by atoms with Crippen LogP contribution in [0.1, 0.15) is 23.2 Å². The van der Waals surface area contributed by atoms with Crippen molar-refractivity contribution in [1.82, 2.24) is 10.3 Å². The molecule has 0 atom stereocenters. The summed E-state index contributed by atoms with van der Waals surface area (Å²) < 4.78 is 22.6. The van der Waals surface area contributed by atoms with Crippen LogP contribution >= 0.6 is 23.2 Å². The second-order valence-electron chi connectivity index (χ2n) is 4.39. The summed E-state index contributed by atoms with van der Waals surface area (Å²) in [6.45, 7) is 0. The highest BCUT2D eigenvalue weighted by Gasteiger charge is 2.25. The van der Waals surface area contributed by atoms with Crippen LogP contribution in [-0.4, -0.2) is 36.9 Å². The molecule has 19 heavy (non-hydrogen) atoms. The normalized spacial score (nSPS) is 19.1. The number of pyridine rings is 1. The van der Waals surface area contributed by atoms with Crippen molar-refractivity contribution in [2.75, 3.05) is 11.5 Å². The number of halogens is 2. The highest BCUT2D eigenvalue weighted by molar-refractivity contribution is 7.91. The molecule has 104 valence electrons. The first-order valence-corrected chi connectivity index (χ1v) is 8.27. The summed E-state index contributed by atoms with van der Waals surface area (Å²) in [6.07, 6.45) is 2.15. The van der Waals surface area contributed by atoms with Crippen molar-refractivity contribution in [2.45, 2.75) is 18.9 Å². The number of amides is 1. The lowest BCUT2D eigenvalue weighted by atomic mass is 10.1. The minimum atomic E-state index is -2.94. The minimum absolute atomic E-state index is 0.1000. The molecule has 0 saturated carbocycles. The van der Waals surface area contributed by atoms with Crippen LogP contribution in [0.4, 0.5) is 0 Å². The number of nitrogens with one attached hydrogen (secondary N) is 1. The first-order chi connectivity index (χ1) is 8.87. The molecule has 8 heteroatoms. The van der Waals surface area contributed by atoms with Crippen LogP contribution in [-0.2, 0) is 9.84 Å². The van der Waals surface area contributed by atoms with Gasteiger partial charge in [-0.25, -0.2) is 13.4 Å². The van der Waals surface area contributed by atoms with Crippen LogP contribution in [0, 0.1) is 0 Å². The number of carbonyl (C=O) groups excluding carboxylic acids is 1. The highest BCUT2D eigenvalue weighted by Crippen LogP contribution is 2.19. The van der Waals surface area contributed by atoms with Gasteiger partial charge in [0.2, 0.25) is 0 Å². The van der Waals surface area contributed by atoms with E-state index in [1.807, 2.05) is 0 Å².